The van der Waals surface area contributed by atoms with Crippen molar-refractivity contribution < 1.29 is 14.3 Å². The summed E-state index contributed by atoms with van der Waals surface area (Å²) in [4.78, 5) is 0. The molecule has 0 aliphatic rings. The van der Waals surface area contributed by atoms with Crippen LogP contribution >= 0.6 is 31.9 Å². The zero-order valence-corrected chi connectivity index (χ0v) is 12.9. The van der Waals surface area contributed by atoms with Gasteiger partial charge in [-0.3, -0.25) is 0 Å². The van der Waals surface area contributed by atoms with Gasteiger partial charge < -0.3 is 14.3 Å². The van der Waals surface area contributed by atoms with Gasteiger partial charge in [0.05, 0.1) is 12.9 Å². The molecule has 0 fully saturated rings. The van der Waals surface area contributed by atoms with Crippen LogP contribution in [0.4, 0.5) is 0 Å². The number of aliphatic hydroxyl groups is 1. The predicted molar refractivity (Wildman–Crippen MR) is 75.8 cm³/mol. The Morgan fingerprint density at radius 2 is 2.06 bits per heavy atom. The van der Waals surface area contributed by atoms with Gasteiger partial charge in [-0.25, -0.2) is 0 Å². The zero-order chi connectivity index (χ0) is 13.1. The van der Waals surface area contributed by atoms with E-state index < -0.39 is 6.10 Å². The maximum absolute atomic E-state index is 10.4. The third-order valence-electron chi connectivity index (χ3n) is 2.51. The molecule has 1 atom stereocenters. The molecule has 18 heavy (non-hydrogen) atoms. The van der Waals surface area contributed by atoms with Crippen molar-refractivity contribution in [3.63, 3.8) is 0 Å². The lowest BCUT2D eigenvalue weighted by atomic mass is 10.0. The Morgan fingerprint density at radius 3 is 2.67 bits per heavy atom. The van der Waals surface area contributed by atoms with E-state index in [0.717, 1.165) is 4.47 Å². The fourth-order valence-corrected chi connectivity index (χ4v) is 2.52. The lowest BCUT2D eigenvalue weighted by Gasteiger charge is -2.15. The van der Waals surface area contributed by atoms with Crippen LogP contribution in [0.1, 0.15) is 24.2 Å². The molecule has 2 aromatic rings. The van der Waals surface area contributed by atoms with E-state index in [0.29, 0.717) is 28.2 Å². The predicted octanol–water partition coefficient (Wildman–Crippen LogP) is 4.29. The van der Waals surface area contributed by atoms with E-state index in [2.05, 4.69) is 31.9 Å². The van der Waals surface area contributed by atoms with E-state index >= 15 is 0 Å². The summed E-state index contributed by atoms with van der Waals surface area (Å²) in [5, 5.41) is 10.4. The fraction of sp³-hybridized carbons (Fsp3) is 0.231. The third kappa shape index (κ3) is 2.79. The molecule has 96 valence electrons. The quantitative estimate of drug-likeness (QED) is 0.866. The highest BCUT2D eigenvalue weighted by Crippen LogP contribution is 2.35. The molecular formula is C13H12Br2O3. The number of halogens is 2. The molecule has 1 aromatic carbocycles. The van der Waals surface area contributed by atoms with Gasteiger partial charge in [-0.15, -0.1) is 0 Å². The highest BCUT2D eigenvalue weighted by molar-refractivity contribution is 9.10. The number of furan rings is 1. The summed E-state index contributed by atoms with van der Waals surface area (Å²) in [6.07, 6.45) is 0.734. The highest BCUT2D eigenvalue weighted by Gasteiger charge is 2.20. The number of hydrogen-bond acceptors (Lipinski definition) is 3. The normalized spacial score (nSPS) is 12.4. The van der Waals surface area contributed by atoms with Crippen LogP contribution in [0.15, 0.2) is 44.1 Å². The van der Waals surface area contributed by atoms with Crippen molar-refractivity contribution in [3.05, 3.63) is 50.8 Å². The summed E-state index contributed by atoms with van der Waals surface area (Å²) in [6, 6.07) is 7.28. The number of hydrogen-bond donors (Lipinski definition) is 1. The van der Waals surface area contributed by atoms with Gasteiger partial charge in [-0.05, 0) is 47.1 Å². The standard InChI is InChI=1S/C13H12Br2O3/c1-2-17-11-4-3-8(14)7-10(11)12(16)9-5-6-18-13(9)15/h3-7,12,16H,2H2,1H3. The molecule has 5 heteroatoms. The SMILES string of the molecule is CCOc1ccc(Br)cc1C(O)c1ccoc1Br. The van der Waals surface area contributed by atoms with Crippen LogP contribution < -0.4 is 4.74 Å². The first kappa shape index (κ1) is 13.6. The number of benzene rings is 1. The van der Waals surface area contributed by atoms with Crippen molar-refractivity contribution in [1.29, 1.82) is 0 Å². The molecule has 0 spiro atoms. The van der Waals surface area contributed by atoms with Gasteiger partial charge in [0.15, 0.2) is 4.67 Å². The second-order valence-electron chi connectivity index (χ2n) is 3.67. The Kier molecular flexibility index (Phi) is 4.48. The molecule has 3 nitrogen and oxygen atoms in total. The molecule has 1 unspecified atom stereocenters. The molecule has 0 amide bonds. The van der Waals surface area contributed by atoms with Crippen LogP contribution in [0.3, 0.4) is 0 Å². The van der Waals surface area contributed by atoms with Gasteiger partial charge in [0.2, 0.25) is 0 Å². The second-order valence-corrected chi connectivity index (χ2v) is 5.30. The van der Waals surface area contributed by atoms with Gasteiger partial charge in [0, 0.05) is 15.6 Å². The molecule has 1 N–H and O–H groups in total. The third-order valence-corrected chi connectivity index (χ3v) is 3.64. The van der Waals surface area contributed by atoms with E-state index in [1.807, 2.05) is 25.1 Å². The second kappa shape index (κ2) is 5.91. The summed E-state index contributed by atoms with van der Waals surface area (Å²) >= 11 is 6.66. The van der Waals surface area contributed by atoms with E-state index in [1.165, 1.54) is 6.26 Å². The molecule has 0 saturated heterocycles. The van der Waals surface area contributed by atoms with Gasteiger partial charge in [0.25, 0.3) is 0 Å². The monoisotopic (exact) mass is 374 g/mol. The highest BCUT2D eigenvalue weighted by atomic mass is 79.9. The molecule has 1 aromatic heterocycles. The van der Waals surface area contributed by atoms with Crippen molar-refractivity contribution in [2.75, 3.05) is 6.61 Å². The lowest BCUT2D eigenvalue weighted by Crippen LogP contribution is -2.03. The number of ether oxygens (including phenoxy) is 1. The lowest BCUT2D eigenvalue weighted by molar-refractivity contribution is 0.209. The topological polar surface area (TPSA) is 42.6 Å². The average molecular weight is 376 g/mol. The minimum Gasteiger partial charge on any atom is -0.493 e. The van der Waals surface area contributed by atoms with Crippen LogP contribution in [0, 0.1) is 0 Å². The van der Waals surface area contributed by atoms with Gasteiger partial charge in [-0.1, -0.05) is 15.9 Å². The summed E-state index contributed by atoms with van der Waals surface area (Å²) in [7, 11) is 0. The van der Waals surface area contributed by atoms with Crippen LogP contribution in [-0.4, -0.2) is 11.7 Å². The summed E-state index contributed by atoms with van der Waals surface area (Å²) in [6.45, 7) is 2.46. The minimum absolute atomic E-state index is 0.525. The Labute approximate surface area is 122 Å². The van der Waals surface area contributed by atoms with E-state index in [1.54, 1.807) is 6.07 Å². The molecule has 0 radical (unpaired) electrons. The van der Waals surface area contributed by atoms with E-state index in [9.17, 15) is 5.11 Å². The minimum atomic E-state index is -0.794. The first-order valence-corrected chi connectivity index (χ1v) is 7.05. The summed E-state index contributed by atoms with van der Waals surface area (Å²) < 4.78 is 12.1. The smallest absolute Gasteiger partial charge is 0.175 e. The van der Waals surface area contributed by atoms with Crippen molar-refractivity contribution in [2.45, 2.75) is 13.0 Å². The fourth-order valence-electron chi connectivity index (χ4n) is 1.69. The Bertz CT molecular complexity index is 537. The van der Waals surface area contributed by atoms with Gasteiger partial charge >= 0.3 is 0 Å². The number of rotatable bonds is 4. The Balaban J connectivity index is 2.43. The summed E-state index contributed by atoms with van der Waals surface area (Å²) in [5.74, 6) is 0.668. The largest absolute Gasteiger partial charge is 0.493 e. The maximum atomic E-state index is 10.4. The molecular weight excluding hydrogens is 364 g/mol. The maximum Gasteiger partial charge on any atom is 0.175 e. The van der Waals surface area contributed by atoms with Gasteiger partial charge in [0.1, 0.15) is 11.9 Å². The van der Waals surface area contributed by atoms with Crippen LogP contribution in [0.5, 0.6) is 5.75 Å². The molecule has 0 aliphatic heterocycles. The number of aliphatic hydroxyl groups excluding tert-OH is 1. The molecule has 0 saturated carbocycles. The Morgan fingerprint density at radius 1 is 1.28 bits per heavy atom. The van der Waals surface area contributed by atoms with Gasteiger partial charge in [-0.2, -0.15) is 0 Å². The van der Waals surface area contributed by atoms with Crippen LogP contribution in [0.2, 0.25) is 0 Å². The first-order valence-electron chi connectivity index (χ1n) is 5.46. The van der Waals surface area contributed by atoms with Crippen LogP contribution in [-0.2, 0) is 0 Å². The van der Waals surface area contributed by atoms with Crippen LogP contribution in [0.25, 0.3) is 0 Å². The van der Waals surface area contributed by atoms with E-state index in [4.69, 9.17) is 9.15 Å². The van der Waals surface area contributed by atoms with Crippen molar-refractivity contribution >= 4 is 31.9 Å². The molecule has 1 heterocycles. The molecule has 0 aliphatic carbocycles. The van der Waals surface area contributed by atoms with Crippen molar-refractivity contribution in [3.8, 4) is 5.75 Å². The van der Waals surface area contributed by atoms with Crippen molar-refractivity contribution in [1.82, 2.24) is 0 Å². The average Bonchev–Trinajstić information content (AvgIpc) is 2.77. The first-order chi connectivity index (χ1) is 8.63. The van der Waals surface area contributed by atoms with E-state index in [-0.39, 0.29) is 0 Å². The Hall–Kier alpha value is -0.780. The summed E-state index contributed by atoms with van der Waals surface area (Å²) in [5.41, 5.74) is 1.38. The zero-order valence-electron chi connectivity index (χ0n) is 9.69. The molecule has 2 rings (SSSR count). The molecule has 0 bridgehead atoms. The van der Waals surface area contributed by atoms with Crippen molar-refractivity contribution in [2.24, 2.45) is 0 Å².